The van der Waals surface area contributed by atoms with Crippen LogP contribution in [-0.2, 0) is 13.2 Å². The number of pyridine rings is 1. The molecule has 3 rings (SSSR count). The Bertz CT molecular complexity index is 988. The Hall–Kier alpha value is -2.48. The standard InChI is InChI=1S/C15H10F3N3OS/c1-21-13(22)11-3-2-8-19-12(11)23-14(21)20-10-6-4-9(5-7-10)15(16,17)18/h2-8H,1H3/b20-14-. The minimum absolute atomic E-state index is 0.252. The maximum atomic E-state index is 12.6. The highest BCUT2D eigenvalue weighted by atomic mass is 32.1. The molecule has 0 aliphatic rings. The summed E-state index contributed by atoms with van der Waals surface area (Å²) in [4.78, 5) is 21.5. The molecule has 118 valence electrons. The molecular weight excluding hydrogens is 327 g/mol. The van der Waals surface area contributed by atoms with Crippen LogP contribution in [0.1, 0.15) is 5.56 Å². The zero-order valence-electron chi connectivity index (χ0n) is 11.8. The summed E-state index contributed by atoms with van der Waals surface area (Å²) >= 11 is 1.20. The van der Waals surface area contributed by atoms with Crippen LogP contribution in [0.25, 0.3) is 10.2 Å². The van der Waals surface area contributed by atoms with Gasteiger partial charge in [0.2, 0.25) is 0 Å². The fraction of sp³-hybridized carbons (Fsp3) is 0.133. The monoisotopic (exact) mass is 337 g/mol. The zero-order chi connectivity index (χ0) is 16.6. The minimum Gasteiger partial charge on any atom is -0.287 e. The first-order valence-electron chi connectivity index (χ1n) is 6.53. The lowest BCUT2D eigenvalue weighted by Gasteiger charge is -2.06. The second kappa shape index (κ2) is 5.62. The molecular formula is C15H10F3N3OS. The van der Waals surface area contributed by atoms with E-state index in [2.05, 4.69) is 9.98 Å². The highest BCUT2D eigenvalue weighted by Gasteiger charge is 2.29. The molecule has 0 aliphatic carbocycles. The number of benzene rings is 1. The minimum atomic E-state index is -4.39. The molecule has 0 bridgehead atoms. The molecule has 0 aliphatic heterocycles. The van der Waals surface area contributed by atoms with Gasteiger partial charge in [0, 0.05) is 13.2 Å². The average molecular weight is 337 g/mol. The van der Waals surface area contributed by atoms with E-state index < -0.39 is 11.7 Å². The molecule has 0 fully saturated rings. The lowest BCUT2D eigenvalue weighted by Crippen LogP contribution is -2.28. The maximum Gasteiger partial charge on any atom is 0.416 e. The predicted molar refractivity (Wildman–Crippen MR) is 81.5 cm³/mol. The lowest BCUT2D eigenvalue weighted by molar-refractivity contribution is -0.137. The van der Waals surface area contributed by atoms with Gasteiger partial charge < -0.3 is 0 Å². The van der Waals surface area contributed by atoms with Crippen LogP contribution in [0, 0.1) is 0 Å². The third-order valence-corrected chi connectivity index (χ3v) is 4.27. The first-order chi connectivity index (χ1) is 10.9. The summed E-state index contributed by atoms with van der Waals surface area (Å²) in [5, 5.41) is 0.478. The summed E-state index contributed by atoms with van der Waals surface area (Å²) in [6.45, 7) is 0. The van der Waals surface area contributed by atoms with Crippen LogP contribution in [-0.4, -0.2) is 9.55 Å². The quantitative estimate of drug-likeness (QED) is 0.684. The second-order valence-corrected chi connectivity index (χ2v) is 5.72. The summed E-state index contributed by atoms with van der Waals surface area (Å²) in [6, 6.07) is 7.79. The third-order valence-electron chi connectivity index (χ3n) is 3.20. The van der Waals surface area contributed by atoms with Crippen LogP contribution in [0.2, 0.25) is 0 Å². The Morgan fingerprint density at radius 3 is 2.52 bits per heavy atom. The molecule has 0 N–H and O–H groups in total. The van der Waals surface area contributed by atoms with Crippen LogP contribution in [0.4, 0.5) is 18.9 Å². The van der Waals surface area contributed by atoms with Gasteiger partial charge in [0.15, 0.2) is 4.80 Å². The van der Waals surface area contributed by atoms with Crippen molar-refractivity contribution in [3.63, 3.8) is 0 Å². The second-order valence-electron chi connectivity index (χ2n) is 4.76. The van der Waals surface area contributed by atoms with Crippen molar-refractivity contribution in [3.8, 4) is 0 Å². The third kappa shape index (κ3) is 3.02. The number of halogens is 3. The number of hydrogen-bond acceptors (Lipinski definition) is 4. The van der Waals surface area contributed by atoms with E-state index >= 15 is 0 Å². The molecule has 0 saturated carbocycles. The van der Waals surface area contributed by atoms with Crippen molar-refractivity contribution in [3.05, 3.63) is 63.3 Å². The van der Waals surface area contributed by atoms with Crippen molar-refractivity contribution in [2.45, 2.75) is 6.18 Å². The lowest BCUT2D eigenvalue weighted by atomic mass is 10.2. The Morgan fingerprint density at radius 1 is 1.17 bits per heavy atom. The van der Waals surface area contributed by atoms with Gasteiger partial charge in [-0.25, -0.2) is 9.98 Å². The van der Waals surface area contributed by atoms with E-state index in [9.17, 15) is 18.0 Å². The fourth-order valence-corrected chi connectivity index (χ4v) is 2.91. The van der Waals surface area contributed by atoms with Crippen LogP contribution < -0.4 is 10.4 Å². The molecule has 4 nitrogen and oxygen atoms in total. The summed E-state index contributed by atoms with van der Waals surface area (Å²) in [7, 11) is 1.56. The van der Waals surface area contributed by atoms with Crippen molar-refractivity contribution in [1.29, 1.82) is 0 Å². The first-order valence-corrected chi connectivity index (χ1v) is 7.35. The number of hydrogen-bond donors (Lipinski definition) is 0. The van der Waals surface area contributed by atoms with Crippen LogP contribution in [0.5, 0.6) is 0 Å². The van der Waals surface area contributed by atoms with Gasteiger partial charge in [0.05, 0.1) is 16.6 Å². The van der Waals surface area contributed by atoms with Gasteiger partial charge in [0.1, 0.15) is 4.83 Å². The molecule has 23 heavy (non-hydrogen) atoms. The van der Waals surface area contributed by atoms with E-state index in [4.69, 9.17) is 0 Å². The van der Waals surface area contributed by atoms with Crippen LogP contribution >= 0.6 is 11.3 Å². The Labute approximate surface area is 132 Å². The predicted octanol–water partition coefficient (Wildman–Crippen LogP) is 3.25. The molecule has 0 unspecified atom stereocenters. The van der Waals surface area contributed by atoms with Gasteiger partial charge >= 0.3 is 6.18 Å². The van der Waals surface area contributed by atoms with Crippen molar-refractivity contribution in [1.82, 2.24) is 9.55 Å². The number of rotatable bonds is 1. The molecule has 2 heterocycles. The van der Waals surface area contributed by atoms with Crippen molar-refractivity contribution in [2.75, 3.05) is 0 Å². The maximum absolute atomic E-state index is 12.6. The highest BCUT2D eigenvalue weighted by Crippen LogP contribution is 2.30. The van der Waals surface area contributed by atoms with E-state index in [1.165, 1.54) is 28.0 Å². The number of nitrogens with zero attached hydrogens (tertiary/aromatic N) is 3. The average Bonchev–Trinajstić information content (AvgIpc) is 2.52. The van der Waals surface area contributed by atoms with Gasteiger partial charge in [-0.05, 0) is 36.4 Å². The van der Waals surface area contributed by atoms with Gasteiger partial charge in [-0.15, -0.1) is 0 Å². The topological polar surface area (TPSA) is 47.2 Å². The molecule has 8 heteroatoms. The van der Waals surface area contributed by atoms with Gasteiger partial charge in [0.25, 0.3) is 5.56 Å². The smallest absolute Gasteiger partial charge is 0.287 e. The Morgan fingerprint density at radius 2 is 1.87 bits per heavy atom. The summed E-state index contributed by atoms with van der Waals surface area (Å²) in [5.74, 6) is 0. The number of aromatic nitrogens is 2. The van der Waals surface area contributed by atoms with Crippen molar-refractivity contribution in [2.24, 2.45) is 12.0 Å². The summed E-state index contributed by atoms with van der Waals surface area (Å²) in [5.41, 5.74) is -0.661. The largest absolute Gasteiger partial charge is 0.416 e. The molecule has 0 atom stereocenters. The summed E-state index contributed by atoms with van der Waals surface area (Å²) in [6.07, 6.45) is -2.82. The van der Waals surface area contributed by atoms with Crippen LogP contribution in [0.3, 0.4) is 0 Å². The van der Waals surface area contributed by atoms with Crippen molar-refractivity contribution < 1.29 is 13.2 Å². The fourth-order valence-electron chi connectivity index (χ4n) is 1.99. The summed E-state index contributed by atoms with van der Waals surface area (Å²) < 4.78 is 39.0. The van der Waals surface area contributed by atoms with Crippen LogP contribution in [0.15, 0.2) is 52.4 Å². The van der Waals surface area contributed by atoms with Gasteiger partial charge in [-0.1, -0.05) is 11.3 Å². The molecule has 0 spiro atoms. The zero-order valence-corrected chi connectivity index (χ0v) is 12.6. The van der Waals surface area contributed by atoms with Gasteiger partial charge in [-0.2, -0.15) is 13.2 Å². The van der Waals surface area contributed by atoms with E-state index in [-0.39, 0.29) is 5.56 Å². The van der Waals surface area contributed by atoms with Crippen molar-refractivity contribution >= 4 is 27.2 Å². The molecule has 0 amide bonds. The Kier molecular flexibility index (Phi) is 3.77. The van der Waals surface area contributed by atoms with E-state index in [0.717, 1.165) is 12.1 Å². The number of alkyl halides is 3. The molecule has 0 radical (unpaired) electrons. The Balaban J connectivity index is 2.15. The SMILES string of the molecule is Cn1c(=O)c2cccnc2s/c1=N\c1ccc(C(F)(F)F)cc1. The molecule has 1 aromatic carbocycles. The number of fused-ring (bicyclic) bond motifs is 1. The normalized spacial score (nSPS) is 12.8. The molecule has 3 aromatic rings. The van der Waals surface area contributed by atoms with Gasteiger partial charge in [-0.3, -0.25) is 9.36 Å². The molecule has 2 aromatic heterocycles. The highest BCUT2D eigenvalue weighted by molar-refractivity contribution is 7.15. The van der Waals surface area contributed by atoms with E-state index in [1.54, 1.807) is 25.4 Å². The van der Waals surface area contributed by atoms with E-state index in [0.29, 0.717) is 20.7 Å². The first kappa shape index (κ1) is 15.4. The van der Waals surface area contributed by atoms with E-state index in [1.807, 2.05) is 0 Å². The molecule has 0 saturated heterocycles.